The van der Waals surface area contributed by atoms with Crippen molar-refractivity contribution in [2.24, 2.45) is 5.92 Å². The van der Waals surface area contributed by atoms with Gasteiger partial charge >= 0.3 is 0 Å². The van der Waals surface area contributed by atoms with Gasteiger partial charge in [0.15, 0.2) is 5.69 Å². The van der Waals surface area contributed by atoms with Crippen LogP contribution < -0.4 is 0 Å². The maximum atomic E-state index is 11.8. The Morgan fingerprint density at radius 3 is 3.13 bits per heavy atom. The first-order valence-electron chi connectivity index (χ1n) is 5.06. The van der Waals surface area contributed by atoms with Gasteiger partial charge < -0.3 is 14.5 Å². The zero-order valence-electron chi connectivity index (χ0n) is 8.59. The van der Waals surface area contributed by atoms with Crippen LogP contribution in [-0.4, -0.2) is 40.3 Å². The summed E-state index contributed by atoms with van der Waals surface area (Å²) >= 11 is 0. The summed E-state index contributed by atoms with van der Waals surface area (Å²) in [4.78, 5) is 13.4. The molecule has 1 N–H and O–H groups in total. The highest BCUT2D eigenvalue weighted by molar-refractivity contribution is 5.92. The van der Waals surface area contributed by atoms with E-state index in [0.717, 1.165) is 6.42 Å². The molecule has 0 radical (unpaired) electrons. The Labute approximate surface area is 87.7 Å². The molecule has 15 heavy (non-hydrogen) atoms. The number of amides is 1. The predicted octanol–water partition coefficient (Wildman–Crippen LogP) is 0.518. The van der Waals surface area contributed by atoms with E-state index in [1.54, 1.807) is 4.90 Å². The molecule has 1 aliphatic heterocycles. The summed E-state index contributed by atoms with van der Waals surface area (Å²) in [5.41, 5.74) is 0.303. The minimum Gasteiger partial charge on any atom is -0.391 e. The molecule has 2 atom stereocenters. The van der Waals surface area contributed by atoms with E-state index < -0.39 is 6.10 Å². The molecule has 0 bridgehead atoms. The van der Waals surface area contributed by atoms with Crippen LogP contribution in [0.1, 0.15) is 23.8 Å². The summed E-state index contributed by atoms with van der Waals surface area (Å²) in [6.07, 6.45) is 1.76. The monoisotopic (exact) mass is 210 g/mol. The fraction of sp³-hybridized carbons (Fsp3) is 0.600. The van der Waals surface area contributed by atoms with Crippen molar-refractivity contribution >= 4 is 5.91 Å². The fourth-order valence-corrected chi connectivity index (χ4v) is 1.72. The molecule has 1 aromatic rings. The van der Waals surface area contributed by atoms with Crippen molar-refractivity contribution in [2.75, 3.05) is 13.1 Å². The lowest BCUT2D eigenvalue weighted by atomic mass is 9.96. The first-order chi connectivity index (χ1) is 7.18. The summed E-state index contributed by atoms with van der Waals surface area (Å²) < 4.78 is 4.61. The largest absolute Gasteiger partial charge is 0.391 e. The lowest BCUT2D eigenvalue weighted by Gasteiger charge is -2.33. The molecule has 1 aromatic heterocycles. The highest BCUT2D eigenvalue weighted by Gasteiger charge is 2.28. The highest BCUT2D eigenvalue weighted by atomic mass is 16.5. The molecule has 0 aromatic carbocycles. The van der Waals surface area contributed by atoms with Gasteiger partial charge in [0, 0.05) is 19.2 Å². The Hall–Kier alpha value is -1.36. The Balaban J connectivity index is 2.03. The van der Waals surface area contributed by atoms with Gasteiger partial charge in [0.25, 0.3) is 5.91 Å². The molecular formula is C10H14N2O3. The molecule has 82 valence electrons. The molecule has 0 spiro atoms. The molecule has 1 amide bonds. The third-order valence-corrected chi connectivity index (χ3v) is 2.86. The van der Waals surface area contributed by atoms with Crippen LogP contribution in [0.5, 0.6) is 0 Å². The van der Waals surface area contributed by atoms with Crippen LogP contribution in [0.4, 0.5) is 0 Å². The van der Waals surface area contributed by atoms with Crippen molar-refractivity contribution < 1.29 is 14.4 Å². The van der Waals surface area contributed by atoms with E-state index in [0.29, 0.717) is 18.8 Å². The molecular weight excluding hydrogens is 196 g/mol. The zero-order chi connectivity index (χ0) is 10.8. The van der Waals surface area contributed by atoms with Crippen molar-refractivity contribution in [1.29, 1.82) is 0 Å². The number of likely N-dealkylation sites (tertiary alicyclic amines) is 1. The summed E-state index contributed by atoms with van der Waals surface area (Å²) in [6.45, 7) is 3.04. The molecule has 2 rings (SSSR count). The normalized spacial score (nSPS) is 26.7. The third kappa shape index (κ3) is 2.02. The molecule has 1 fully saturated rings. The number of hydrogen-bond acceptors (Lipinski definition) is 4. The smallest absolute Gasteiger partial charge is 0.276 e. The first-order valence-corrected chi connectivity index (χ1v) is 5.06. The van der Waals surface area contributed by atoms with E-state index in [1.165, 1.54) is 12.3 Å². The van der Waals surface area contributed by atoms with Gasteiger partial charge in [-0.15, -0.1) is 0 Å². The van der Waals surface area contributed by atoms with Gasteiger partial charge in [0.1, 0.15) is 6.26 Å². The van der Waals surface area contributed by atoms with E-state index in [2.05, 4.69) is 9.68 Å². The van der Waals surface area contributed by atoms with Gasteiger partial charge in [0.05, 0.1) is 6.10 Å². The van der Waals surface area contributed by atoms with Crippen LogP contribution in [0.3, 0.4) is 0 Å². The summed E-state index contributed by atoms with van der Waals surface area (Å²) in [5, 5.41) is 13.2. The van der Waals surface area contributed by atoms with Crippen molar-refractivity contribution in [3.8, 4) is 0 Å². The minimum atomic E-state index is -0.436. The Kier molecular flexibility index (Phi) is 2.73. The van der Waals surface area contributed by atoms with E-state index in [1.807, 2.05) is 6.92 Å². The topological polar surface area (TPSA) is 66.6 Å². The van der Waals surface area contributed by atoms with Gasteiger partial charge in [-0.2, -0.15) is 0 Å². The number of aliphatic hydroxyl groups excluding tert-OH is 1. The van der Waals surface area contributed by atoms with Crippen LogP contribution in [0.2, 0.25) is 0 Å². The number of β-amino-alcohol motifs (C(OH)–C–C–N with tert-alkyl or cyclic N) is 1. The summed E-state index contributed by atoms with van der Waals surface area (Å²) in [6, 6.07) is 1.53. The number of carbonyl (C=O) groups is 1. The Bertz CT molecular complexity index is 336. The summed E-state index contributed by atoms with van der Waals surface area (Å²) in [7, 11) is 0. The maximum absolute atomic E-state index is 11.8. The number of rotatable bonds is 1. The average Bonchev–Trinajstić information content (AvgIpc) is 2.74. The Morgan fingerprint density at radius 2 is 2.53 bits per heavy atom. The molecule has 1 saturated heterocycles. The number of piperidine rings is 1. The number of carbonyl (C=O) groups excluding carboxylic acids is 1. The van der Waals surface area contributed by atoms with Crippen molar-refractivity contribution in [3.05, 3.63) is 18.0 Å². The highest BCUT2D eigenvalue weighted by Crippen LogP contribution is 2.18. The fourth-order valence-electron chi connectivity index (χ4n) is 1.72. The number of aliphatic hydroxyl groups is 1. The van der Waals surface area contributed by atoms with Crippen LogP contribution in [0.15, 0.2) is 16.9 Å². The number of nitrogens with zero attached hydrogens (tertiary/aromatic N) is 2. The third-order valence-electron chi connectivity index (χ3n) is 2.86. The lowest BCUT2D eigenvalue weighted by molar-refractivity contribution is 0.0243. The predicted molar refractivity (Wildman–Crippen MR) is 52.2 cm³/mol. The second-order valence-electron chi connectivity index (χ2n) is 3.97. The Morgan fingerprint density at radius 1 is 1.73 bits per heavy atom. The number of aromatic nitrogens is 1. The second-order valence-corrected chi connectivity index (χ2v) is 3.97. The quantitative estimate of drug-likeness (QED) is 0.733. The van der Waals surface area contributed by atoms with Crippen molar-refractivity contribution in [3.63, 3.8) is 0 Å². The van der Waals surface area contributed by atoms with E-state index in [4.69, 9.17) is 0 Å². The molecule has 2 unspecified atom stereocenters. The first kappa shape index (κ1) is 10.2. The SMILES string of the molecule is CC1CCN(C(=O)c2ccon2)CC1O. The van der Waals surface area contributed by atoms with Gasteiger partial charge in [-0.25, -0.2) is 0 Å². The van der Waals surface area contributed by atoms with Crippen molar-refractivity contribution in [2.45, 2.75) is 19.4 Å². The van der Waals surface area contributed by atoms with Crippen LogP contribution in [0.25, 0.3) is 0 Å². The minimum absolute atomic E-state index is 0.172. The van der Waals surface area contributed by atoms with Gasteiger partial charge in [0.2, 0.25) is 0 Å². The van der Waals surface area contributed by atoms with E-state index >= 15 is 0 Å². The molecule has 0 aliphatic carbocycles. The zero-order valence-corrected chi connectivity index (χ0v) is 8.59. The lowest BCUT2D eigenvalue weighted by Crippen LogP contribution is -2.45. The average molecular weight is 210 g/mol. The van der Waals surface area contributed by atoms with Crippen molar-refractivity contribution in [1.82, 2.24) is 10.1 Å². The maximum Gasteiger partial charge on any atom is 0.276 e. The molecule has 5 nitrogen and oxygen atoms in total. The standard InChI is InChI=1S/C10H14N2O3/c1-7-2-4-12(6-9(7)13)10(14)8-3-5-15-11-8/h3,5,7,9,13H,2,4,6H2,1H3. The van der Waals surface area contributed by atoms with E-state index in [9.17, 15) is 9.90 Å². The van der Waals surface area contributed by atoms with Gasteiger partial charge in [-0.05, 0) is 12.3 Å². The number of hydrogen-bond donors (Lipinski definition) is 1. The summed E-state index contributed by atoms with van der Waals surface area (Å²) in [5.74, 6) is 0.0843. The van der Waals surface area contributed by atoms with Gasteiger partial charge in [-0.3, -0.25) is 4.79 Å². The second kappa shape index (κ2) is 4.02. The molecule has 1 aliphatic rings. The van der Waals surface area contributed by atoms with E-state index in [-0.39, 0.29) is 11.8 Å². The molecule has 0 saturated carbocycles. The van der Waals surface area contributed by atoms with Gasteiger partial charge in [-0.1, -0.05) is 12.1 Å². The molecule has 2 heterocycles. The van der Waals surface area contributed by atoms with Crippen LogP contribution in [0, 0.1) is 5.92 Å². The van der Waals surface area contributed by atoms with Crippen LogP contribution >= 0.6 is 0 Å². The molecule has 5 heteroatoms. The van der Waals surface area contributed by atoms with Crippen LogP contribution in [-0.2, 0) is 0 Å².